The molecule has 20 heavy (non-hydrogen) atoms. The van der Waals surface area contributed by atoms with E-state index in [9.17, 15) is 4.79 Å². The van der Waals surface area contributed by atoms with Gasteiger partial charge in [0.1, 0.15) is 5.82 Å². The topological polar surface area (TPSA) is 71.2 Å². The zero-order valence-corrected chi connectivity index (χ0v) is 11.8. The van der Waals surface area contributed by atoms with Crippen LogP contribution in [0.1, 0.15) is 15.9 Å². The number of carbonyl (C=O) groups is 1. The summed E-state index contributed by atoms with van der Waals surface area (Å²) in [7, 11) is 1.74. The van der Waals surface area contributed by atoms with E-state index in [1.54, 1.807) is 36.2 Å². The van der Waals surface area contributed by atoms with Gasteiger partial charge in [-0.1, -0.05) is 23.7 Å². The van der Waals surface area contributed by atoms with Gasteiger partial charge in [-0.3, -0.25) is 4.79 Å². The predicted octanol–water partition coefficient (Wildman–Crippen LogP) is 2.29. The van der Waals surface area contributed by atoms with Crippen molar-refractivity contribution in [3.05, 3.63) is 58.7 Å². The maximum atomic E-state index is 12.2. The van der Waals surface area contributed by atoms with Crippen molar-refractivity contribution < 1.29 is 4.79 Å². The maximum Gasteiger partial charge on any atom is 0.255 e. The average Bonchev–Trinajstić information content (AvgIpc) is 2.49. The third kappa shape index (κ3) is 3.46. The fourth-order valence-electron chi connectivity index (χ4n) is 1.76. The number of halogens is 1. The van der Waals surface area contributed by atoms with E-state index < -0.39 is 0 Å². The van der Waals surface area contributed by atoms with Gasteiger partial charge in [0.15, 0.2) is 0 Å². The van der Waals surface area contributed by atoms with Crippen molar-refractivity contribution in [1.29, 1.82) is 0 Å². The number of nitrogens with two attached hydrogens (primary N) is 1. The van der Waals surface area contributed by atoms with E-state index in [0.717, 1.165) is 5.56 Å². The minimum absolute atomic E-state index is 0.101. The molecule has 0 aliphatic heterocycles. The molecule has 0 saturated carbocycles. The van der Waals surface area contributed by atoms with Crippen LogP contribution in [-0.4, -0.2) is 22.8 Å². The van der Waals surface area contributed by atoms with Gasteiger partial charge in [-0.05, 0) is 29.8 Å². The van der Waals surface area contributed by atoms with E-state index in [2.05, 4.69) is 10.4 Å². The zero-order chi connectivity index (χ0) is 14.5. The van der Waals surface area contributed by atoms with Crippen LogP contribution < -0.4 is 11.3 Å². The van der Waals surface area contributed by atoms with E-state index in [-0.39, 0.29) is 5.91 Å². The Hall–Kier alpha value is -2.11. The highest BCUT2D eigenvalue weighted by Crippen LogP contribution is 2.13. The van der Waals surface area contributed by atoms with E-state index in [4.69, 9.17) is 17.4 Å². The molecule has 1 aromatic carbocycles. The number of rotatable bonds is 4. The number of aromatic nitrogens is 1. The third-order valence-electron chi connectivity index (χ3n) is 2.84. The number of nitrogens with zero attached hydrogens (tertiary/aromatic N) is 2. The van der Waals surface area contributed by atoms with E-state index in [1.165, 1.54) is 6.20 Å². The number of nitrogens with one attached hydrogen (secondary N) is 1. The van der Waals surface area contributed by atoms with E-state index in [0.29, 0.717) is 22.9 Å². The van der Waals surface area contributed by atoms with Gasteiger partial charge in [-0.25, -0.2) is 10.8 Å². The van der Waals surface area contributed by atoms with Gasteiger partial charge >= 0.3 is 0 Å². The number of hydrazine groups is 1. The van der Waals surface area contributed by atoms with E-state index >= 15 is 0 Å². The summed E-state index contributed by atoms with van der Waals surface area (Å²) in [5.41, 5.74) is 3.95. The molecule has 1 heterocycles. The Bertz CT molecular complexity index is 583. The highest BCUT2D eigenvalue weighted by Gasteiger charge is 2.12. The first-order valence-corrected chi connectivity index (χ1v) is 6.40. The molecule has 3 N–H and O–H groups in total. The second-order valence-corrected chi connectivity index (χ2v) is 4.80. The van der Waals surface area contributed by atoms with Crippen LogP contribution in [0.2, 0.25) is 5.02 Å². The van der Waals surface area contributed by atoms with Gasteiger partial charge in [-0.2, -0.15) is 0 Å². The molecule has 0 atom stereocenters. The lowest BCUT2D eigenvalue weighted by Crippen LogP contribution is -2.26. The van der Waals surface area contributed by atoms with Crippen molar-refractivity contribution in [2.45, 2.75) is 6.54 Å². The molecule has 2 aromatic rings. The van der Waals surface area contributed by atoms with Crippen molar-refractivity contribution in [1.82, 2.24) is 9.88 Å². The van der Waals surface area contributed by atoms with Crippen molar-refractivity contribution in [2.24, 2.45) is 5.84 Å². The normalized spacial score (nSPS) is 10.2. The Morgan fingerprint density at radius 1 is 1.30 bits per heavy atom. The van der Waals surface area contributed by atoms with Gasteiger partial charge < -0.3 is 10.3 Å². The molecule has 5 nitrogen and oxygen atoms in total. The molecule has 0 bridgehead atoms. The SMILES string of the molecule is CN(Cc1ccc(Cl)cc1)C(=O)c1ccc(NN)nc1. The Labute approximate surface area is 122 Å². The Kier molecular flexibility index (Phi) is 4.55. The average molecular weight is 291 g/mol. The van der Waals surface area contributed by atoms with Crippen LogP contribution in [0.4, 0.5) is 5.82 Å². The zero-order valence-electron chi connectivity index (χ0n) is 11.0. The lowest BCUT2D eigenvalue weighted by Gasteiger charge is -2.17. The van der Waals surface area contributed by atoms with Crippen molar-refractivity contribution in [3.63, 3.8) is 0 Å². The molecule has 0 radical (unpaired) electrons. The van der Waals surface area contributed by atoms with Crippen molar-refractivity contribution in [2.75, 3.05) is 12.5 Å². The highest BCUT2D eigenvalue weighted by atomic mass is 35.5. The van der Waals surface area contributed by atoms with Crippen LogP contribution in [0.3, 0.4) is 0 Å². The molecule has 2 rings (SSSR count). The number of carbonyl (C=O) groups excluding carboxylic acids is 1. The van der Waals surface area contributed by atoms with Gasteiger partial charge in [0.25, 0.3) is 5.91 Å². The molecule has 0 aliphatic rings. The Morgan fingerprint density at radius 3 is 2.55 bits per heavy atom. The summed E-state index contributed by atoms with van der Waals surface area (Å²) in [5.74, 6) is 5.65. The van der Waals surface area contributed by atoms with Gasteiger partial charge in [0.2, 0.25) is 0 Å². The molecule has 1 aromatic heterocycles. The lowest BCUT2D eigenvalue weighted by atomic mass is 10.2. The molecule has 1 amide bonds. The van der Waals surface area contributed by atoms with Crippen molar-refractivity contribution in [3.8, 4) is 0 Å². The molecule has 0 fully saturated rings. The molecule has 104 valence electrons. The minimum atomic E-state index is -0.101. The fourth-order valence-corrected chi connectivity index (χ4v) is 1.89. The van der Waals surface area contributed by atoms with Crippen LogP contribution in [0, 0.1) is 0 Å². The standard InChI is InChI=1S/C14H15ClN4O/c1-19(9-10-2-5-12(15)6-3-10)14(20)11-4-7-13(18-16)17-8-11/h2-8H,9,16H2,1H3,(H,17,18). The number of hydrogen-bond donors (Lipinski definition) is 2. The summed E-state index contributed by atoms with van der Waals surface area (Å²) in [6.07, 6.45) is 1.50. The molecule has 0 spiro atoms. The summed E-state index contributed by atoms with van der Waals surface area (Å²) < 4.78 is 0. The fraction of sp³-hybridized carbons (Fsp3) is 0.143. The number of nitrogen functional groups attached to an aromatic ring is 1. The first-order chi connectivity index (χ1) is 9.60. The molecule has 6 heteroatoms. The van der Waals surface area contributed by atoms with Crippen LogP contribution in [-0.2, 0) is 6.54 Å². The smallest absolute Gasteiger partial charge is 0.255 e. The first-order valence-electron chi connectivity index (χ1n) is 6.02. The Morgan fingerprint density at radius 2 is 2.00 bits per heavy atom. The number of benzene rings is 1. The molecular weight excluding hydrogens is 276 g/mol. The summed E-state index contributed by atoms with van der Waals surface area (Å²) in [6, 6.07) is 10.7. The summed E-state index contributed by atoms with van der Waals surface area (Å²) in [6.45, 7) is 0.507. The van der Waals surface area contributed by atoms with Gasteiger partial charge in [0.05, 0.1) is 5.56 Å². The summed E-state index contributed by atoms with van der Waals surface area (Å²) in [4.78, 5) is 17.9. The highest BCUT2D eigenvalue weighted by molar-refractivity contribution is 6.30. The lowest BCUT2D eigenvalue weighted by molar-refractivity contribution is 0.0784. The molecule has 0 saturated heterocycles. The second kappa shape index (κ2) is 6.36. The minimum Gasteiger partial charge on any atom is -0.337 e. The summed E-state index contributed by atoms with van der Waals surface area (Å²) in [5, 5.41) is 0.678. The Balaban J connectivity index is 2.05. The van der Waals surface area contributed by atoms with Crippen LogP contribution in [0.5, 0.6) is 0 Å². The molecule has 0 aliphatic carbocycles. The van der Waals surface area contributed by atoms with Crippen molar-refractivity contribution >= 4 is 23.3 Å². The third-order valence-corrected chi connectivity index (χ3v) is 3.09. The van der Waals surface area contributed by atoms with E-state index in [1.807, 2.05) is 12.1 Å². The quantitative estimate of drug-likeness (QED) is 0.669. The number of amides is 1. The van der Waals surface area contributed by atoms with Crippen LogP contribution in [0.25, 0.3) is 0 Å². The molecular formula is C14H15ClN4O. The first kappa shape index (κ1) is 14.3. The second-order valence-electron chi connectivity index (χ2n) is 4.36. The number of pyridine rings is 1. The predicted molar refractivity (Wildman–Crippen MR) is 79.3 cm³/mol. The van der Waals surface area contributed by atoms with Gasteiger partial charge in [0, 0.05) is 24.8 Å². The van der Waals surface area contributed by atoms with Crippen LogP contribution >= 0.6 is 11.6 Å². The summed E-state index contributed by atoms with van der Waals surface area (Å²) >= 11 is 5.83. The monoisotopic (exact) mass is 290 g/mol. The number of anilines is 1. The number of hydrogen-bond acceptors (Lipinski definition) is 4. The molecule has 0 unspecified atom stereocenters. The van der Waals surface area contributed by atoms with Crippen LogP contribution in [0.15, 0.2) is 42.6 Å². The maximum absolute atomic E-state index is 12.2. The van der Waals surface area contributed by atoms with Gasteiger partial charge in [-0.15, -0.1) is 0 Å². The largest absolute Gasteiger partial charge is 0.337 e.